The van der Waals surface area contributed by atoms with Crippen molar-refractivity contribution in [3.05, 3.63) is 30.1 Å². The fraction of sp³-hybridized carbons (Fsp3) is 0.111. The zero-order valence-electron chi connectivity index (χ0n) is 7.58. The van der Waals surface area contributed by atoms with Gasteiger partial charge in [0, 0.05) is 12.1 Å². The third kappa shape index (κ3) is 1.65. The van der Waals surface area contributed by atoms with Crippen molar-refractivity contribution in [3.63, 3.8) is 0 Å². The van der Waals surface area contributed by atoms with E-state index in [2.05, 4.69) is 4.98 Å². The highest BCUT2D eigenvalue weighted by atomic mass is 19.2. The molecule has 4 nitrogen and oxygen atoms in total. The molecule has 0 unspecified atom stereocenters. The maximum absolute atomic E-state index is 12.9. The Morgan fingerprint density at radius 2 is 2.07 bits per heavy atom. The van der Waals surface area contributed by atoms with Gasteiger partial charge in [0.25, 0.3) is 0 Å². The summed E-state index contributed by atoms with van der Waals surface area (Å²) in [4.78, 5) is 14.5. The molecule has 78 valence electrons. The normalized spacial score (nSPS) is 10.8. The average molecular weight is 211 g/mol. The summed E-state index contributed by atoms with van der Waals surface area (Å²) in [5.74, 6) is -2.51. The second-order valence-electron chi connectivity index (χ2n) is 3.09. The van der Waals surface area contributed by atoms with Gasteiger partial charge in [-0.3, -0.25) is 4.79 Å². The van der Waals surface area contributed by atoms with Crippen LogP contribution in [0.3, 0.4) is 0 Å². The lowest BCUT2D eigenvalue weighted by atomic mass is 10.3. The van der Waals surface area contributed by atoms with Crippen LogP contribution < -0.4 is 5.73 Å². The Bertz CT molecular complexity index is 535. The van der Waals surface area contributed by atoms with E-state index >= 15 is 0 Å². The molecule has 0 fully saturated rings. The van der Waals surface area contributed by atoms with E-state index in [-0.39, 0.29) is 12.1 Å². The number of carbonyl (C=O) groups excluding carboxylic acids is 1. The van der Waals surface area contributed by atoms with Gasteiger partial charge in [-0.2, -0.15) is 0 Å². The lowest BCUT2D eigenvalue weighted by Crippen LogP contribution is -2.17. The number of benzene rings is 1. The molecule has 2 N–H and O–H groups in total. The van der Waals surface area contributed by atoms with E-state index < -0.39 is 17.5 Å². The first-order valence-electron chi connectivity index (χ1n) is 4.16. The molecule has 1 heterocycles. The second-order valence-corrected chi connectivity index (χ2v) is 3.09. The molecule has 2 aromatic rings. The smallest absolute Gasteiger partial charge is 0.237 e. The van der Waals surface area contributed by atoms with E-state index in [9.17, 15) is 13.6 Å². The Morgan fingerprint density at radius 3 is 2.73 bits per heavy atom. The largest absolute Gasteiger partial charge is 0.368 e. The molecule has 1 aromatic carbocycles. The van der Waals surface area contributed by atoms with Gasteiger partial charge >= 0.3 is 0 Å². The minimum absolute atomic E-state index is 0.110. The molecule has 0 saturated heterocycles. The predicted molar refractivity (Wildman–Crippen MR) is 48.8 cm³/mol. The molecule has 0 spiro atoms. The van der Waals surface area contributed by atoms with E-state index in [4.69, 9.17) is 5.73 Å². The van der Waals surface area contributed by atoms with Gasteiger partial charge in [-0.15, -0.1) is 0 Å². The van der Waals surface area contributed by atoms with E-state index in [1.54, 1.807) is 0 Å². The number of hydrogen-bond acceptors (Lipinski definition) is 2. The fourth-order valence-corrected chi connectivity index (χ4v) is 1.35. The molecule has 0 aliphatic carbocycles. The molecule has 0 aliphatic rings. The van der Waals surface area contributed by atoms with E-state index in [0.29, 0.717) is 5.52 Å². The number of rotatable bonds is 2. The summed E-state index contributed by atoms with van der Waals surface area (Å²) in [7, 11) is 0. The van der Waals surface area contributed by atoms with Crippen LogP contribution in [-0.2, 0) is 11.3 Å². The third-order valence-corrected chi connectivity index (χ3v) is 1.99. The standard InChI is InChI=1S/C9H7F2N3O/c10-5-1-7-8(2-6(5)11)14(4-13-7)3-9(12)15/h1-2,4H,3H2,(H2,12,15). The van der Waals surface area contributed by atoms with Crippen molar-refractivity contribution >= 4 is 16.9 Å². The molecule has 6 heteroatoms. The highest BCUT2D eigenvalue weighted by Crippen LogP contribution is 2.17. The molecule has 0 aliphatic heterocycles. The van der Waals surface area contributed by atoms with Crippen molar-refractivity contribution in [1.82, 2.24) is 9.55 Å². The van der Waals surface area contributed by atoms with Gasteiger partial charge < -0.3 is 10.3 Å². The summed E-state index contributed by atoms with van der Waals surface area (Å²) in [6.45, 7) is -0.110. The lowest BCUT2D eigenvalue weighted by Gasteiger charge is -2.00. The highest BCUT2D eigenvalue weighted by molar-refractivity contribution is 5.79. The molecule has 0 atom stereocenters. The molecule has 0 bridgehead atoms. The maximum Gasteiger partial charge on any atom is 0.237 e. The van der Waals surface area contributed by atoms with Crippen LogP contribution in [0, 0.1) is 11.6 Å². The Hall–Kier alpha value is -1.98. The van der Waals surface area contributed by atoms with Crippen molar-refractivity contribution in [1.29, 1.82) is 0 Å². The van der Waals surface area contributed by atoms with Crippen LogP contribution in [0.2, 0.25) is 0 Å². The van der Waals surface area contributed by atoms with Gasteiger partial charge in [0.2, 0.25) is 5.91 Å². The van der Waals surface area contributed by atoms with Crippen molar-refractivity contribution in [2.24, 2.45) is 5.73 Å². The Morgan fingerprint density at radius 1 is 1.40 bits per heavy atom. The van der Waals surface area contributed by atoms with Crippen LogP contribution in [0.1, 0.15) is 0 Å². The first kappa shape index (κ1) is 9.57. The summed E-state index contributed by atoms with van der Waals surface area (Å²) in [6.07, 6.45) is 1.31. The zero-order valence-corrected chi connectivity index (χ0v) is 7.58. The number of nitrogens with zero attached hydrogens (tertiary/aromatic N) is 2. The first-order valence-corrected chi connectivity index (χ1v) is 4.16. The van der Waals surface area contributed by atoms with E-state index in [1.807, 2.05) is 0 Å². The molecule has 2 rings (SSSR count). The number of nitrogens with two attached hydrogens (primary N) is 1. The molecule has 1 aromatic heterocycles. The number of halogens is 2. The highest BCUT2D eigenvalue weighted by Gasteiger charge is 2.09. The monoisotopic (exact) mass is 211 g/mol. The van der Waals surface area contributed by atoms with Gasteiger partial charge in [-0.1, -0.05) is 0 Å². The number of amides is 1. The summed E-state index contributed by atoms with van der Waals surface area (Å²) in [5.41, 5.74) is 5.61. The molecule has 15 heavy (non-hydrogen) atoms. The number of fused-ring (bicyclic) bond motifs is 1. The molecular formula is C9H7F2N3O. The fourth-order valence-electron chi connectivity index (χ4n) is 1.35. The number of imidazole rings is 1. The Labute approximate surface area is 83.3 Å². The lowest BCUT2D eigenvalue weighted by molar-refractivity contribution is -0.118. The minimum Gasteiger partial charge on any atom is -0.368 e. The minimum atomic E-state index is -0.978. The number of primary amides is 1. The van der Waals surface area contributed by atoms with Crippen LogP contribution >= 0.6 is 0 Å². The first-order chi connectivity index (χ1) is 7.08. The van der Waals surface area contributed by atoms with Gasteiger partial charge in [-0.25, -0.2) is 13.8 Å². The molecule has 0 radical (unpaired) electrons. The Balaban J connectivity index is 2.59. The van der Waals surface area contributed by atoms with Crippen molar-refractivity contribution in [3.8, 4) is 0 Å². The van der Waals surface area contributed by atoms with Crippen LogP contribution in [0.15, 0.2) is 18.5 Å². The van der Waals surface area contributed by atoms with Crippen LogP contribution in [0.5, 0.6) is 0 Å². The number of carbonyl (C=O) groups is 1. The van der Waals surface area contributed by atoms with Crippen LogP contribution in [0.4, 0.5) is 8.78 Å². The average Bonchev–Trinajstić information content (AvgIpc) is 2.49. The third-order valence-electron chi connectivity index (χ3n) is 1.99. The molecule has 0 saturated carbocycles. The van der Waals surface area contributed by atoms with E-state index in [0.717, 1.165) is 12.1 Å². The summed E-state index contributed by atoms with van der Waals surface area (Å²) >= 11 is 0. The van der Waals surface area contributed by atoms with Gasteiger partial charge in [0.15, 0.2) is 11.6 Å². The van der Waals surface area contributed by atoms with Crippen LogP contribution in [-0.4, -0.2) is 15.5 Å². The van der Waals surface area contributed by atoms with E-state index in [1.165, 1.54) is 10.9 Å². The molecular weight excluding hydrogens is 204 g/mol. The van der Waals surface area contributed by atoms with Crippen LogP contribution in [0.25, 0.3) is 11.0 Å². The SMILES string of the molecule is NC(=O)Cn1cnc2cc(F)c(F)cc21. The van der Waals surface area contributed by atoms with Crippen molar-refractivity contribution in [2.75, 3.05) is 0 Å². The topological polar surface area (TPSA) is 60.9 Å². The Kier molecular flexibility index (Phi) is 2.11. The van der Waals surface area contributed by atoms with Gasteiger partial charge in [0.1, 0.15) is 6.54 Å². The molecule has 1 amide bonds. The van der Waals surface area contributed by atoms with Crippen molar-refractivity contribution in [2.45, 2.75) is 6.54 Å². The zero-order chi connectivity index (χ0) is 11.0. The number of aromatic nitrogens is 2. The summed E-state index contributed by atoms with van der Waals surface area (Å²) < 4.78 is 27.1. The van der Waals surface area contributed by atoms with Gasteiger partial charge in [-0.05, 0) is 0 Å². The predicted octanol–water partition coefficient (Wildman–Crippen LogP) is 0.800. The number of hydrogen-bond donors (Lipinski definition) is 1. The maximum atomic E-state index is 12.9. The summed E-state index contributed by atoms with van der Waals surface area (Å²) in [5, 5.41) is 0. The quantitative estimate of drug-likeness (QED) is 0.798. The van der Waals surface area contributed by atoms with Gasteiger partial charge in [0.05, 0.1) is 17.4 Å². The second kappa shape index (κ2) is 3.30. The van der Waals surface area contributed by atoms with Crippen molar-refractivity contribution < 1.29 is 13.6 Å². The summed E-state index contributed by atoms with van der Waals surface area (Å²) in [6, 6.07) is 1.96.